The Bertz CT molecular complexity index is 600. The predicted molar refractivity (Wildman–Crippen MR) is 93.9 cm³/mol. The van der Waals surface area contributed by atoms with E-state index in [0.29, 0.717) is 18.4 Å². The molecule has 0 aliphatic carbocycles. The first-order valence-corrected chi connectivity index (χ1v) is 8.10. The standard InChI is InChI=1S/C19H27NO4/c1-6-15(13(2)17(21)22)16(12-14-10-8-7-9-11-14)20-18(23)24-19(3,4)5/h7-11,16H,6,12H2,1-5H3,(H,20,23)(H,21,22)/b15-13+/t16-/m0/s1. The summed E-state index contributed by atoms with van der Waals surface area (Å²) >= 11 is 0. The first kappa shape index (κ1) is 19.7. The summed E-state index contributed by atoms with van der Waals surface area (Å²) in [6, 6.07) is 9.22. The maximum Gasteiger partial charge on any atom is 0.408 e. The van der Waals surface area contributed by atoms with Crippen LogP contribution in [0.3, 0.4) is 0 Å². The van der Waals surface area contributed by atoms with Crippen LogP contribution in [0.15, 0.2) is 41.5 Å². The van der Waals surface area contributed by atoms with Crippen molar-refractivity contribution in [3.8, 4) is 0 Å². The van der Waals surface area contributed by atoms with Gasteiger partial charge in [0.25, 0.3) is 0 Å². The summed E-state index contributed by atoms with van der Waals surface area (Å²) in [6.45, 7) is 8.82. The smallest absolute Gasteiger partial charge is 0.408 e. The van der Waals surface area contributed by atoms with Crippen molar-refractivity contribution in [3.05, 3.63) is 47.0 Å². The Balaban J connectivity index is 3.09. The topological polar surface area (TPSA) is 75.6 Å². The van der Waals surface area contributed by atoms with Gasteiger partial charge >= 0.3 is 12.1 Å². The zero-order chi connectivity index (χ0) is 18.3. The fourth-order valence-corrected chi connectivity index (χ4v) is 2.47. The number of hydrogen-bond donors (Lipinski definition) is 2. The highest BCUT2D eigenvalue weighted by Crippen LogP contribution is 2.19. The largest absolute Gasteiger partial charge is 0.478 e. The van der Waals surface area contributed by atoms with Gasteiger partial charge in [-0.05, 0) is 51.7 Å². The number of amides is 1. The van der Waals surface area contributed by atoms with Gasteiger partial charge in [0.05, 0.1) is 6.04 Å². The van der Waals surface area contributed by atoms with Gasteiger partial charge in [-0.15, -0.1) is 0 Å². The normalized spacial score (nSPS) is 13.7. The molecule has 1 amide bonds. The number of nitrogens with one attached hydrogen (secondary N) is 1. The zero-order valence-corrected chi connectivity index (χ0v) is 15.1. The lowest BCUT2D eigenvalue weighted by Crippen LogP contribution is -2.41. The van der Waals surface area contributed by atoms with Gasteiger partial charge in [0.15, 0.2) is 0 Å². The molecule has 0 bridgehead atoms. The second-order valence-electron chi connectivity index (χ2n) is 6.70. The molecule has 0 aromatic heterocycles. The third-order valence-corrected chi connectivity index (χ3v) is 3.58. The van der Waals surface area contributed by atoms with Crippen LogP contribution >= 0.6 is 0 Å². The fourth-order valence-electron chi connectivity index (χ4n) is 2.47. The minimum Gasteiger partial charge on any atom is -0.478 e. The summed E-state index contributed by atoms with van der Waals surface area (Å²) in [5.41, 5.74) is 1.36. The number of ether oxygens (including phenoxy) is 1. The van der Waals surface area contributed by atoms with Gasteiger partial charge in [-0.3, -0.25) is 0 Å². The highest BCUT2D eigenvalue weighted by Gasteiger charge is 2.24. The van der Waals surface area contributed by atoms with Gasteiger partial charge in [-0.2, -0.15) is 0 Å². The van der Waals surface area contributed by atoms with E-state index in [0.717, 1.165) is 5.56 Å². The minimum atomic E-state index is -0.976. The molecule has 5 heteroatoms. The summed E-state index contributed by atoms with van der Waals surface area (Å²) < 4.78 is 5.32. The van der Waals surface area contributed by atoms with Crippen molar-refractivity contribution < 1.29 is 19.4 Å². The molecule has 0 aliphatic heterocycles. The van der Waals surface area contributed by atoms with E-state index in [4.69, 9.17) is 4.74 Å². The van der Waals surface area contributed by atoms with Crippen molar-refractivity contribution in [3.63, 3.8) is 0 Å². The second kappa shape index (κ2) is 8.52. The first-order chi connectivity index (χ1) is 11.1. The van der Waals surface area contributed by atoms with Crippen molar-refractivity contribution in [1.29, 1.82) is 0 Å². The molecule has 24 heavy (non-hydrogen) atoms. The molecule has 1 atom stereocenters. The molecule has 0 spiro atoms. The Morgan fingerprint density at radius 3 is 2.25 bits per heavy atom. The van der Waals surface area contributed by atoms with Crippen LogP contribution in [0.25, 0.3) is 0 Å². The summed E-state index contributed by atoms with van der Waals surface area (Å²) in [4.78, 5) is 23.5. The molecule has 1 aromatic carbocycles. The third kappa shape index (κ3) is 6.44. The lowest BCUT2D eigenvalue weighted by molar-refractivity contribution is -0.132. The first-order valence-electron chi connectivity index (χ1n) is 8.10. The minimum absolute atomic E-state index is 0.259. The van der Waals surface area contributed by atoms with Gasteiger partial charge in [-0.25, -0.2) is 9.59 Å². The van der Waals surface area contributed by atoms with Crippen LogP contribution in [0.2, 0.25) is 0 Å². The number of aliphatic carboxylic acids is 1. The van der Waals surface area contributed by atoms with Crippen molar-refractivity contribution in [2.45, 2.75) is 59.1 Å². The molecule has 1 rings (SSSR count). The molecule has 0 aliphatic rings. The second-order valence-corrected chi connectivity index (χ2v) is 6.70. The van der Waals surface area contributed by atoms with Crippen LogP contribution in [0.4, 0.5) is 4.79 Å². The van der Waals surface area contributed by atoms with Crippen molar-refractivity contribution in [2.75, 3.05) is 0 Å². The van der Waals surface area contributed by atoms with Gasteiger partial charge < -0.3 is 15.2 Å². The molecule has 0 radical (unpaired) electrons. The molecule has 0 unspecified atom stereocenters. The summed E-state index contributed by atoms with van der Waals surface area (Å²) in [7, 11) is 0. The van der Waals surface area contributed by atoms with Gasteiger partial charge in [0, 0.05) is 5.57 Å². The Morgan fingerprint density at radius 1 is 1.21 bits per heavy atom. The van der Waals surface area contributed by atoms with Crippen molar-refractivity contribution >= 4 is 12.1 Å². The number of carbonyl (C=O) groups excluding carboxylic acids is 1. The Labute approximate surface area is 143 Å². The van der Waals surface area contributed by atoms with E-state index in [1.807, 2.05) is 37.3 Å². The molecule has 132 valence electrons. The van der Waals surface area contributed by atoms with Crippen LogP contribution in [0.5, 0.6) is 0 Å². The van der Waals surface area contributed by atoms with E-state index in [9.17, 15) is 14.7 Å². The average molecular weight is 333 g/mol. The Kier molecular flexibility index (Phi) is 7.01. The maximum absolute atomic E-state index is 12.2. The monoisotopic (exact) mass is 333 g/mol. The van der Waals surface area contributed by atoms with E-state index in [2.05, 4.69) is 5.32 Å². The molecule has 0 saturated heterocycles. The Hall–Kier alpha value is -2.30. The van der Waals surface area contributed by atoms with Crippen LogP contribution in [-0.2, 0) is 16.0 Å². The van der Waals surface area contributed by atoms with Gasteiger partial charge in [0.1, 0.15) is 5.60 Å². The molecular formula is C19H27NO4. The quantitative estimate of drug-likeness (QED) is 0.773. The molecule has 0 heterocycles. The average Bonchev–Trinajstić information content (AvgIpc) is 2.46. The number of hydrogen-bond acceptors (Lipinski definition) is 3. The highest BCUT2D eigenvalue weighted by molar-refractivity contribution is 5.87. The van der Waals surface area contributed by atoms with E-state index in [-0.39, 0.29) is 5.57 Å². The number of benzene rings is 1. The van der Waals surface area contributed by atoms with E-state index in [1.165, 1.54) is 0 Å². The fraction of sp³-hybridized carbons (Fsp3) is 0.474. The number of alkyl carbamates (subject to hydrolysis) is 1. The SMILES string of the molecule is CC/C(=C(/C)C(=O)O)[C@H](Cc1ccccc1)NC(=O)OC(C)(C)C. The number of carbonyl (C=O) groups is 2. The highest BCUT2D eigenvalue weighted by atomic mass is 16.6. The van der Waals surface area contributed by atoms with Gasteiger partial charge in [0.2, 0.25) is 0 Å². The summed E-state index contributed by atoms with van der Waals surface area (Å²) in [5.74, 6) is -0.976. The van der Waals surface area contributed by atoms with Crippen LogP contribution < -0.4 is 5.32 Å². The predicted octanol–water partition coefficient (Wildman–Crippen LogP) is 3.93. The van der Waals surface area contributed by atoms with E-state index >= 15 is 0 Å². The molecule has 5 nitrogen and oxygen atoms in total. The Morgan fingerprint density at radius 2 is 1.79 bits per heavy atom. The lowest BCUT2D eigenvalue weighted by Gasteiger charge is -2.26. The summed E-state index contributed by atoms with van der Waals surface area (Å²) in [5, 5.41) is 12.1. The third-order valence-electron chi connectivity index (χ3n) is 3.58. The molecule has 0 saturated carbocycles. The zero-order valence-electron chi connectivity index (χ0n) is 15.1. The molecule has 2 N–H and O–H groups in total. The van der Waals surface area contributed by atoms with Gasteiger partial charge in [-0.1, -0.05) is 37.3 Å². The molecule has 0 fully saturated rings. The van der Waals surface area contributed by atoms with Crippen molar-refractivity contribution in [2.24, 2.45) is 0 Å². The number of rotatable bonds is 6. The maximum atomic E-state index is 12.2. The van der Waals surface area contributed by atoms with E-state index < -0.39 is 23.7 Å². The molecule has 1 aromatic rings. The summed E-state index contributed by atoms with van der Waals surface area (Å²) in [6.07, 6.45) is 0.492. The molecular weight excluding hydrogens is 306 g/mol. The van der Waals surface area contributed by atoms with Crippen LogP contribution in [0, 0.1) is 0 Å². The number of carboxylic acid groups (broad SMARTS) is 1. The lowest BCUT2D eigenvalue weighted by atomic mass is 9.93. The number of carboxylic acids is 1. The van der Waals surface area contributed by atoms with Crippen molar-refractivity contribution in [1.82, 2.24) is 5.32 Å². The van der Waals surface area contributed by atoms with Crippen LogP contribution in [-0.4, -0.2) is 28.8 Å². The van der Waals surface area contributed by atoms with E-state index in [1.54, 1.807) is 27.7 Å². The van der Waals surface area contributed by atoms with Crippen LogP contribution in [0.1, 0.15) is 46.6 Å².